The minimum Gasteiger partial charge on any atom is -0.487 e. The molecule has 0 saturated carbocycles. The molecular weight excluding hydrogens is 1040 g/mol. The number of anilines is 4. The number of piperidine rings is 2. The highest BCUT2D eigenvalue weighted by Gasteiger charge is 2.54. The van der Waals surface area contributed by atoms with Crippen molar-refractivity contribution < 1.29 is 63.7 Å². The van der Waals surface area contributed by atoms with E-state index in [0.717, 1.165) is 53.3 Å². The molecule has 24 heteroatoms. The average molecular weight is 1080 g/mol. The normalized spacial score (nSPS) is 19.1. The van der Waals surface area contributed by atoms with Gasteiger partial charge in [-0.1, -0.05) is 0 Å². The fourth-order valence-corrected chi connectivity index (χ4v) is 11.0. The van der Waals surface area contributed by atoms with E-state index in [0.29, 0.717) is 32.0 Å². The van der Waals surface area contributed by atoms with Gasteiger partial charge in [-0.05, 0) is 146 Å². The lowest BCUT2D eigenvalue weighted by molar-refractivity contribution is -0.150. The monoisotopic (exact) mass is 1080 g/mol. The number of nitrogens with zero attached hydrogens (tertiary/aromatic N) is 7. The summed E-state index contributed by atoms with van der Waals surface area (Å²) in [7, 11) is 0.961. The summed E-state index contributed by atoms with van der Waals surface area (Å²) < 4.78 is 137. The van der Waals surface area contributed by atoms with E-state index in [1.54, 1.807) is 6.07 Å². The molecule has 4 aromatic carbocycles. The summed E-state index contributed by atoms with van der Waals surface area (Å²) >= 11 is 11.4. The van der Waals surface area contributed by atoms with Crippen molar-refractivity contribution in [3.63, 3.8) is 0 Å². The van der Waals surface area contributed by atoms with Crippen molar-refractivity contribution in [2.75, 3.05) is 52.9 Å². The third kappa shape index (κ3) is 9.91. The first-order chi connectivity index (χ1) is 35.3. The predicted octanol–water partition coefficient (Wildman–Crippen LogP) is 9.47. The van der Waals surface area contributed by atoms with Crippen LogP contribution in [0.4, 0.5) is 57.9 Å². The maximum Gasteiger partial charge on any atom is 0.418 e. The molecular formula is C51H46F8N8O6S2. The van der Waals surface area contributed by atoms with E-state index < -0.39 is 98.5 Å². The van der Waals surface area contributed by atoms with Gasteiger partial charge in [0.2, 0.25) is 0 Å². The first kappa shape index (κ1) is 54.3. The quantitative estimate of drug-likeness (QED) is 0.0862. The summed E-state index contributed by atoms with van der Waals surface area (Å²) in [5.41, 5.74) is -8.98. The zero-order chi connectivity index (χ0) is 54.7. The number of rotatable bonds is 11. The zero-order valence-electron chi connectivity index (χ0n) is 40.7. The third-order valence-electron chi connectivity index (χ3n) is 13.7. The van der Waals surface area contributed by atoms with Crippen LogP contribution in [0.25, 0.3) is 0 Å². The smallest absolute Gasteiger partial charge is 0.418 e. The Hall–Kier alpha value is -6.99. The lowest BCUT2D eigenvalue weighted by atomic mass is 9.90. The van der Waals surface area contributed by atoms with Crippen LogP contribution in [0.15, 0.2) is 66.7 Å². The molecule has 4 fully saturated rings. The van der Waals surface area contributed by atoms with Crippen molar-refractivity contribution in [3.8, 4) is 23.6 Å². The Balaban J connectivity index is 1.05. The molecule has 4 aliphatic rings. The number of benzene rings is 4. The van der Waals surface area contributed by atoms with Gasteiger partial charge in [0.05, 0.1) is 52.9 Å². The zero-order valence-corrected chi connectivity index (χ0v) is 42.3. The van der Waals surface area contributed by atoms with Crippen molar-refractivity contribution in [2.24, 2.45) is 0 Å². The number of esters is 1. The molecule has 394 valence electrons. The molecule has 4 aliphatic heterocycles. The van der Waals surface area contributed by atoms with Crippen LogP contribution in [0.3, 0.4) is 0 Å². The number of nitrogens with one attached hydrogen (secondary N) is 1. The number of alkyl halides is 6. The van der Waals surface area contributed by atoms with Crippen molar-refractivity contribution in [2.45, 2.75) is 95.1 Å². The number of hydrogen-bond donors (Lipinski definition) is 1. The lowest BCUT2D eigenvalue weighted by Crippen LogP contribution is -2.45. The minimum atomic E-state index is -5.29. The molecule has 14 nitrogen and oxygen atoms in total. The molecule has 4 saturated heterocycles. The summed E-state index contributed by atoms with van der Waals surface area (Å²) in [6, 6.07) is 13.3. The maximum absolute atomic E-state index is 16.1. The van der Waals surface area contributed by atoms with Crippen LogP contribution in [-0.4, -0.2) is 89.5 Å². The number of carbonyl (C=O) groups excluding carboxylic acids is 3. The molecule has 1 unspecified atom stereocenters. The highest BCUT2D eigenvalue weighted by molar-refractivity contribution is 7.81. The summed E-state index contributed by atoms with van der Waals surface area (Å²) in [6.07, 6.45) is -10.0. The van der Waals surface area contributed by atoms with E-state index in [4.69, 9.17) is 38.6 Å². The van der Waals surface area contributed by atoms with E-state index in [9.17, 15) is 38.1 Å². The molecule has 4 heterocycles. The topological polar surface area (TPSA) is 155 Å². The van der Waals surface area contributed by atoms with Gasteiger partial charge in [0.25, 0.3) is 11.8 Å². The largest absolute Gasteiger partial charge is 0.487 e. The molecule has 1 atom stereocenters. The number of ether oxygens (including phenoxy) is 3. The number of thiocarbonyl (C=S) groups is 2. The fourth-order valence-electron chi connectivity index (χ4n) is 9.91. The van der Waals surface area contributed by atoms with Gasteiger partial charge in [-0.2, -0.15) is 36.9 Å². The van der Waals surface area contributed by atoms with E-state index in [1.807, 2.05) is 0 Å². The lowest BCUT2D eigenvalue weighted by Gasteiger charge is -2.38. The Labute approximate surface area is 435 Å². The van der Waals surface area contributed by atoms with Crippen LogP contribution in [0.2, 0.25) is 0 Å². The molecule has 4 aromatic rings. The van der Waals surface area contributed by atoms with E-state index >= 15 is 22.0 Å². The maximum atomic E-state index is 16.1. The Morgan fingerprint density at radius 1 is 0.693 bits per heavy atom. The highest BCUT2D eigenvalue weighted by Crippen LogP contribution is 2.48. The Morgan fingerprint density at radius 2 is 1.17 bits per heavy atom. The van der Waals surface area contributed by atoms with Gasteiger partial charge >= 0.3 is 18.3 Å². The van der Waals surface area contributed by atoms with Gasteiger partial charge in [-0.3, -0.25) is 24.3 Å². The molecule has 2 amide bonds. The summed E-state index contributed by atoms with van der Waals surface area (Å²) in [6.45, 7) is 6.80. The average Bonchev–Trinajstić information content (AvgIpc) is 3.66. The fraction of sp³-hybridized carbons (Fsp3) is 0.392. The molecule has 1 N–H and O–H groups in total. The number of hydrogen-bond acceptors (Lipinski definition) is 12. The van der Waals surface area contributed by atoms with Crippen LogP contribution < -0.4 is 34.4 Å². The molecule has 0 aliphatic carbocycles. The van der Waals surface area contributed by atoms with Gasteiger partial charge in [-0.25, -0.2) is 13.6 Å². The number of likely N-dealkylation sites (tertiary alicyclic amines) is 1. The molecule has 0 aromatic heterocycles. The van der Waals surface area contributed by atoms with Gasteiger partial charge in [0, 0.05) is 42.2 Å². The molecule has 0 radical (unpaired) electrons. The first-order valence-corrected chi connectivity index (χ1v) is 24.2. The van der Waals surface area contributed by atoms with Gasteiger partial charge in [0.1, 0.15) is 29.3 Å². The van der Waals surface area contributed by atoms with Crippen molar-refractivity contribution >= 4 is 75.2 Å². The van der Waals surface area contributed by atoms with E-state index in [-0.39, 0.29) is 70.8 Å². The van der Waals surface area contributed by atoms with Gasteiger partial charge in [-0.15, -0.1) is 0 Å². The van der Waals surface area contributed by atoms with E-state index in [2.05, 4.69) is 5.32 Å². The summed E-state index contributed by atoms with van der Waals surface area (Å²) in [5.74, 6) is -4.80. The SMILES string of the molecule is COC(=O)C(c1c(N2C(=O)C(C)(C)N(c3ccc(OC4CCNCC4)c(F)c3)C2=S)ccc(C#N)c1C(F)(F)F)N1CCC(Oc2ccc(N3C(=S)N(c4ccc(C#N)c(C(F)(F)F)c4)C(=O)C3(C)C)cc2F)CC1. The first-order valence-electron chi connectivity index (χ1n) is 23.3. The van der Waals surface area contributed by atoms with Crippen LogP contribution in [0.1, 0.15) is 87.2 Å². The van der Waals surface area contributed by atoms with Crippen LogP contribution in [0, 0.1) is 34.3 Å². The molecule has 8 rings (SSSR count). The van der Waals surface area contributed by atoms with Crippen LogP contribution >= 0.6 is 24.4 Å². The predicted molar refractivity (Wildman–Crippen MR) is 265 cm³/mol. The second kappa shape index (κ2) is 20.3. The molecule has 0 spiro atoms. The second-order valence-corrected chi connectivity index (χ2v) is 19.8. The summed E-state index contributed by atoms with van der Waals surface area (Å²) in [5, 5.41) is 21.9. The van der Waals surface area contributed by atoms with Crippen molar-refractivity contribution in [1.29, 1.82) is 10.5 Å². The number of halogens is 8. The summed E-state index contributed by atoms with van der Waals surface area (Å²) in [4.78, 5) is 47.9. The van der Waals surface area contributed by atoms with E-state index in [1.165, 1.54) is 72.7 Å². The number of nitriles is 2. The number of carbonyl (C=O) groups is 3. The Kier molecular flexibility index (Phi) is 14.7. The standard InChI is InChI=1S/C51H46F8N8O6S2/c1-48(2)44(69)64(29-8-6-27(25-60)34(22-29)50(54,55)56)46(74)66(48)30-9-13-39(36(53)23-30)73-33-16-20-63(21-17-33)42(43(68)71-5)40-37(11-7-28(26-61)41(40)51(57,58)59)65-45(70)49(3,4)67(47(65)75)31-10-12-38(35(52)24-31)72-32-14-18-62-19-15-32/h6-13,22-24,32-33,42,62H,14-21H2,1-5H3. The Morgan fingerprint density at radius 3 is 1.65 bits per heavy atom. The van der Waals surface area contributed by atoms with Gasteiger partial charge < -0.3 is 29.3 Å². The highest BCUT2D eigenvalue weighted by atomic mass is 32.1. The molecule has 75 heavy (non-hydrogen) atoms. The third-order valence-corrected chi connectivity index (χ3v) is 14.4. The van der Waals surface area contributed by atoms with Crippen LogP contribution in [0.5, 0.6) is 11.5 Å². The second-order valence-electron chi connectivity index (χ2n) is 19.1. The van der Waals surface area contributed by atoms with Crippen LogP contribution in [-0.2, 0) is 31.5 Å². The minimum absolute atomic E-state index is 0.00864. The molecule has 0 bridgehead atoms. The number of methoxy groups -OCH3 is 1. The number of amides is 2. The van der Waals surface area contributed by atoms with Crippen molar-refractivity contribution in [3.05, 3.63) is 106 Å². The van der Waals surface area contributed by atoms with Crippen molar-refractivity contribution in [1.82, 2.24) is 10.2 Å². The Bertz CT molecular complexity index is 3090. The van der Waals surface area contributed by atoms with Gasteiger partial charge in [0.15, 0.2) is 33.4 Å².